The van der Waals surface area contributed by atoms with E-state index in [0.29, 0.717) is 11.3 Å². The Morgan fingerprint density at radius 3 is 2.55 bits per heavy atom. The average Bonchev–Trinajstić information content (AvgIpc) is 2.69. The second kappa shape index (κ2) is 8.33. The van der Waals surface area contributed by atoms with E-state index in [4.69, 9.17) is 24.4 Å². The van der Waals surface area contributed by atoms with E-state index in [-0.39, 0.29) is 27.5 Å². The average molecular weight is 427 g/mol. The minimum absolute atomic E-state index is 0.0739. The summed E-state index contributed by atoms with van der Waals surface area (Å²) in [5.41, 5.74) is 0.260. The van der Waals surface area contributed by atoms with Crippen molar-refractivity contribution in [2.45, 2.75) is 12.5 Å². The van der Waals surface area contributed by atoms with Crippen molar-refractivity contribution in [2.24, 2.45) is 0 Å². The van der Waals surface area contributed by atoms with Crippen molar-refractivity contribution in [3.05, 3.63) is 92.2 Å². The number of carbonyl (C=O) groups is 1. The van der Waals surface area contributed by atoms with Gasteiger partial charge in [0.15, 0.2) is 0 Å². The van der Waals surface area contributed by atoms with E-state index in [1.165, 1.54) is 42.5 Å². The third-order valence-electron chi connectivity index (χ3n) is 4.27. The maximum Gasteiger partial charge on any atom is 0.271 e. The van der Waals surface area contributed by atoms with Gasteiger partial charge in [0, 0.05) is 28.3 Å². The number of carbonyl (C=O) groups excluding carboxylic acids is 1. The summed E-state index contributed by atoms with van der Waals surface area (Å²) >= 11 is 10.6. The molecule has 0 saturated heterocycles. The number of hydrogen-bond donors (Lipinski definition) is 0. The van der Waals surface area contributed by atoms with Crippen LogP contribution in [0.1, 0.15) is 6.42 Å². The van der Waals surface area contributed by atoms with Crippen molar-refractivity contribution < 1.29 is 14.6 Å². The first-order valence-corrected chi connectivity index (χ1v) is 9.18. The topological polar surface area (TPSA) is 107 Å². The number of nitro benzene ring substituents is 1. The Hall–Kier alpha value is -3.37. The van der Waals surface area contributed by atoms with Gasteiger partial charge in [0.2, 0.25) is 0 Å². The van der Waals surface area contributed by atoms with Crippen LogP contribution in [0.2, 0.25) is 0 Å². The lowest BCUT2D eigenvalue weighted by Crippen LogP contribution is -2.41. The van der Waals surface area contributed by atoms with Crippen molar-refractivity contribution in [3.8, 4) is 0 Å². The lowest BCUT2D eigenvalue weighted by molar-refractivity contribution is -0.489. The van der Waals surface area contributed by atoms with Gasteiger partial charge in [-0.1, -0.05) is 48.7 Å². The zero-order valence-electron chi connectivity index (χ0n) is 14.8. The summed E-state index contributed by atoms with van der Waals surface area (Å²) in [4.78, 5) is 36.2. The summed E-state index contributed by atoms with van der Waals surface area (Å²) in [7, 11) is 0. The normalized spacial score (nSPS) is 18.1. The summed E-state index contributed by atoms with van der Waals surface area (Å²) < 4.78 is 0. The van der Waals surface area contributed by atoms with Gasteiger partial charge in [-0.3, -0.25) is 29.9 Å². The van der Waals surface area contributed by atoms with E-state index in [0.717, 1.165) is 4.90 Å². The predicted octanol–water partition coefficient (Wildman–Crippen LogP) is 3.65. The lowest BCUT2D eigenvalue weighted by Gasteiger charge is -2.29. The highest BCUT2D eigenvalue weighted by Gasteiger charge is 2.35. The lowest BCUT2D eigenvalue weighted by atomic mass is 10.00. The highest BCUT2D eigenvalue weighted by molar-refractivity contribution is 7.81. The first-order valence-electron chi connectivity index (χ1n) is 8.36. The largest absolute Gasteiger partial charge is 0.275 e. The Balaban J connectivity index is 2.15. The number of allylic oxidation sites excluding steroid dienone is 5. The van der Waals surface area contributed by atoms with E-state index in [2.05, 4.69) is 0 Å². The first-order chi connectivity index (χ1) is 13.8. The second-order valence-corrected chi connectivity index (χ2v) is 7.02. The number of rotatable bonds is 5. The smallest absolute Gasteiger partial charge is 0.271 e. The van der Waals surface area contributed by atoms with Crippen LogP contribution in [0.5, 0.6) is 0 Å². The molecule has 1 aromatic rings. The van der Waals surface area contributed by atoms with E-state index in [9.17, 15) is 25.0 Å². The van der Waals surface area contributed by atoms with Crippen molar-refractivity contribution in [3.63, 3.8) is 0 Å². The van der Waals surface area contributed by atoms with Gasteiger partial charge in [-0.15, -0.1) is 0 Å². The Morgan fingerprint density at radius 1 is 1.14 bits per heavy atom. The SMILES string of the molecule is O=C(C1=CC=CCC1=S)N(C1=CC=CC([N+](=O)[O-])C1=S)c1cccc([N+](=O)[O-])c1. The molecule has 29 heavy (non-hydrogen) atoms. The number of hydrogen-bond acceptors (Lipinski definition) is 7. The third kappa shape index (κ3) is 4.08. The third-order valence-corrected chi connectivity index (χ3v) is 5.11. The molecule has 1 unspecified atom stereocenters. The molecule has 0 N–H and O–H groups in total. The highest BCUT2D eigenvalue weighted by atomic mass is 32.1. The Labute approximate surface area is 175 Å². The summed E-state index contributed by atoms with van der Waals surface area (Å²) in [5, 5.41) is 22.5. The minimum atomic E-state index is -1.29. The molecule has 3 rings (SSSR count). The molecule has 0 saturated carbocycles. The molecule has 0 heterocycles. The Morgan fingerprint density at radius 2 is 1.90 bits per heavy atom. The number of nitrogens with zero attached hydrogens (tertiary/aromatic N) is 3. The zero-order valence-corrected chi connectivity index (χ0v) is 16.4. The second-order valence-electron chi connectivity index (χ2n) is 6.08. The van der Waals surface area contributed by atoms with Crippen LogP contribution < -0.4 is 4.90 Å². The van der Waals surface area contributed by atoms with Crippen LogP contribution in [0, 0.1) is 20.2 Å². The van der Waals surface area contributed by atoms with Gasteiger partial charge >= 0.3 is 0 Å². The van der Waals surface area contributed by atoms with Gasteiger partial charge in [0.25, 0.3) is 17.6 Å². The van der Waals surface area contributed by atoms with Gasteiger partial charge in [0.1, 0.15) is 4.86 Å². The molecule has 1 amide bonds. The van der Waals surface area contributed by atoms with E-state index in [1.54, 1.807) is 18.2 Å². The number of anilines is 1. The maximum atomic E-state index is 13.4. The number of non-ortho nitro benzene ring substituents is 1. The molecule has 146 valence electrons. The van der Waals surface area contributed by atoms with Crippen molar-refractivity contribution in [2.75, 3.05) is 4.90 Å². The van der Waals surface area contributed by atoms with Crippen LogP contribution in [0.3, 0.4) is 0 Å². The summed E-state index contributed by atoms with van der Waals surface area (Å²) in [6.45, 7) is 0. The van der Waals surface area contributed by atoms with Crippen molar-refractivity contribution in [1.82, 2.24) is 0 Å². The molecule has 0 fully saturated rings. The minimum Gasteiger partial charge on any atom is -0.275 e. The van der Waals surface area contributed by atoms with Crippen molar-refractivity contribution in [1.29, 1.82) is 0 Å². The maximum absolute atomic E-state index is 13.4. The molecule has 2 aliphatic rings. The Kier molecular flexibility index (Phi) is 5.85. The summed E-state index contributed by atoms with van der Waals surface area (Å²) in [5.74, 6) is -0.564. The predicted molar refractivity (Wildman–Crippen MR) is 116 cm³/mol. The molecule has 10 heteroatoms. The number of benzene rings is 1. The molecule has 0 spiro atoms. The molecule has 2 aliphatic carbocycles. The molecule has 0 aliphatic heterocycles. The van der Waals surface area contributed by atoms with Crippen LogP contribution in [0.25, 0.3) is 0 Å². The number of nitro groups is 2. The van der Waals surface area contributed by atoms with Crippen LogP contribution in [-0.4, -0.2) is 31.5 Å². The summed E-state index contributed by atoms with van der Waals surface area (Å²) in [6, 6.07) is 4.13. The fourth-order valence-corrected chi connectivity index (χ4v) is 3.46. The standard InChI is InChI=1S/C19H13N3O5S2/c23-19(14-7-1-2-10-17(14)28)20(12-5-3-6-13(11-12)21(24)25)15-8-4-9-16(18(15)29)22(26)27/h1-9,11,16H,10H2. The van der Waals surface area contributed by atoms with E-state index >= 15 is 0 Å². The Bertz CT molecular complexity index is 1070. The monoisotopic (exact) mass is 427 g/mol. The van der Waals surface area contributed by atoms with E-state index in [1.807, 2.05) is 0 Å². The van der Waals surface area contributed by atoms with Gasteiger partial charge in [-0.25, -0.2) is 0 Å². The fraction of sp³-hybridized carbons (Fsp3) is 0.105. The molecule has 1 aromatic carbocycles. The molecule has 0 radical (unpaired) electrons. The number of thiocarbonyl (C=S) groups is 2. The van der Waals surface area contributed by atoms with Gasteiger partial charge < -0.3 is 0 Å². The van der Waals surface area contributed by atoms with E-state index < -0.39 is 21.8 Å². The molecule has 0 bridgehead atoms. The summed E-state index contributed by atoms with van der Waals surface area (Å²) in [6.07, 6.45) is 9.65. The molecular formula is C19H13N3O5S2. The van der Waals surface area contributed by atoms with Crippen LogP contribution in [-0.2, 0) is 4.79 Å². The molecule has 0 aromatic heterocycles. The van der Waals surface area contributed by atoms with Gasteiger partial charge in [-0.05, 0) is 24.3 Å². The first kappa shape index (κ1) is 20.4. The molecule has 8 nitrogen and oxygen atoms in total. The van der Waals surface area contributed by atoms with Gasteiger partial charge in [-0.2, -0.15) is 0 Å². The highest BCUT2D eigenvalue weighted by Crippen LogP contribution is 2.30. The quantitative estimate of drug-likeness (QED) is 0.401. The molecular weight excluding hydrogens is 414 g/mol. The van der Waals surface area contributed by atoms with Crippen molar-refractivity contribution >= 4 is 51.4 Å². The van der Waals surface area contributed by atoms with Gasteiger partial charge in [0.05, 0.1) is 21.9 Å². The van der Waals surface area contributed by atoms with Crippen LogP contribution in [0.4, 0.5) is 11.4 Å². The molecule has 1 atom stereocenters. The number of amides is 1. The fourth-order valence-electron chi connectivity index (χ4n) is 2.89. The van der Waals surface area contributed by atoms with Crippen LogP contribution in [0.15, 0.2) is 72.0 Å². The zero-order chi connectivity index (χ0) is 21.1. The van der Waals surface area contributed by atoms with Crippen LogP contribution >= 0.6 is 24.4 Å².